The highest BCUT2D eigenvalue weighted by Gasteiger charge is 2.10. The minimum atomic E-state index is -0.447. The number of methoxy groups -OCH3 is 1. The molecule has 2 rings (SSSR count). The number of hydrogen-bond donors (Lipinski definition) is 2. The largest absolute Gasteiger partial charge is 0.507 e. The molecule has 0 aliphatic heterocycles. The Hall–Kier alpha value is -2.82. The first-order valence-electron chi connectivity index (χ1n) is 6.95. The highest BCUT2D eigenvalue weighted by molar-refractivity contribution is 6.02. The molecule has 0 aliphatic carbocycles. The summed E-state index contributed by atoms with van der Waals surface area (Å²) < 4.78 is 5.11. The zero-order valence-electron chi connectivity index (χ0n) is 12.5. The van der Waals surface area contributed by atoms with Crippen LogP contribution in [0.2, 0.25) is 0 Å². The maximum Gasteiger partial charge on any atom is 0.275 e. The lowest BCUT2D eigenvalue weighted by atomic mass is 10.1. The van der Waals surface area contributed by atoms with Crippen molar-refractivity contribution < 1.29 is 14.6 Å². The number of aromatic hydroxyl groups is 1. The Kier molecular flexibility index (Phi) is 5.14. The van der Waals surface area contributed by atoms with Crippen LogP contribution >= 0.6 is 0 Å². The molecule has 0 atom stereocenters. The van der Waals surface area contributed by atoms with Crippen LogP contribution in [0.4, 0.5) is 0 Å². The lowest BCUT2D eigenvalue weighted by Crippen LogP contribution is -2.20. The number of phenolic OH excluding ortho intramolecular Hbond substituents is 1. The normalized spacial score (nSPS) is 11.1. The number of nitrogens with zero attached hydrogens (tertiary/aromatic N) is 1. The standard InChI is InChI=1S/C17H18N2O3/c1-3-15(12-8-10-13(22-2)11-9-12)18-19-17(21)14-6-4-5-7-16(14)20/h4-11,20H,3H2,1-2H3,(H,19,21)/b18-15+. The van der Waals surface area contributed by atoms with Gasteiger partial charge in [0.1, 0.15) is 11.5 Å². The molecular formula is C17H18N2O3. The van der Waals surface area contributed by atoms with Crippen molar-refractivity contribution in [3.63, 3.8) is 0 Å². The number of amides is 1. The number of phenols is 1. The van der Waals surface area contributed by atoms with Crippen LogP contribution in [0.1, 0.15) is 29.3 Å². The predicted molar refractivity (Wildman–Crippen MR) is 85.4 cm³/mol. The van der Waals surface area contributed by atoms with E-state index >= 15 is 0 Å². The zero-order chi connectivity index (χ0) is 15.9. The summed E-state index contributed by atoms with van der Waals surface area (Å²) in [5, 5.41) is 13.8. The van der Waals surface area contributed by atoms with Gasteiger partial charge in [-0.15, -0.1) is 0 Å². The van der Waals surface area contributed by atoms with Gasteiger partial charge in [0.25, 0.3) is 5.91 Å². The van der Waals surface area contributed by atoms with Gasteiger partial charge in [0.2, 0.25) is 0 Å². The van der Waals surface area contributed by atoms with Gasteiger partial charge in [-0.05, 0) is 48.4 Å². The molecule has 2 aromatic carbocycles. The summed E-state index contributed by atoms with van der Waals surface area (Å²) in [5.41, 5.74) is 4.31. The lowest BCUT2D eigenvalue weighted by Gasteiger charge is -2.07. The minimum absolute atomic E-state index is 0.0716. The van der Waals surface area contributed by atoms with Crippen LogP contribution in [-0.4, -0.2) is 23.8 Å². The highest BCUT2D eigenvalue weighted by atomic mass is 16.5. The van der Waals surface area contributed by atoms with Crippen molar-refractivity contribution in [2.45, 2.75) is 13.3 Å². The first kappa shape index (κ1) is 15.6. The lowest BCUT2D eigenvalue weighted by molar-refractivity contribution is 0.0952. The Labute approximate surface area is 129 Å². The molecule has 114 valence electrons. The molecule has 0 aromatic heterocycles. The third-order valence-electron chi connectivity index (χ3n) is 3.20. The van der Waals surface area contributed by atoms with E-state index in [4.69, 9.17) is 4.74 Å². The average molecular weight is 298 g/mol. The number of hydrogen-bond acceptors (Lipinski definition) is 4. The van der Waals surface area contributed by atoms with Crippen molar-refractivity contribution in [2.24, 2.45) is 5.10 Å². The zero-order valence-corrected chi connectivity index (χ0v) is 12.5. The van der Waals surface area contributed by atoms with Crippen molar-refractivity contribution in [1.29, 1.82) is 0 Å². The number of carbonyl (C=O) groups is 1. The molecule has 5 heteroatoms. The van der Waals surface area contributed by atoms with Crippen molar-refractivity contribution in [3.05, 3.63) is 59.7 Å². The van der Waals surface area contributed by atoms with Crippen LogP contribution in [0.25, 0.3) is 0 Å². The summed E-state index contributed by atoms with van der Waals surface area (Å²) >= 11 is 0. The predicted octanol–water partition coefficient (Wildman–Crippen LogP) is 2.94. The molecule has 1 amide bonds. The molecule has 0 aliphatic rings. The summed E-state index contributed by atoms with van der Waals surface area (Å²) in [6, 6.07) is 13.8. The Balaban J connectivity index is 2.15. The van der Waals surface area contributed by atoms with Gasteiger partial charge in [0.15, 0.2) is 0 Å². The van der Waals surface area contributed by atoms with Gasteiger partial charge in [-0.3, -0.25) is 4.79 Å². The quantitative estimate of drug-likeness (QED) is 0.658. The van der Waals surface area contributed by atoms with E-state index in [1.807, 2.05) is 31.2 Å². The number of hydrazone groups is 1. The molecule has 22 heavy (non-hydrogen) atoms. The molecule has 0 saturated heterocycles. The molecule has 0 bridgehead atoms. The number of ether oxygens (including phenoxy) is 1. The van der Waals surface area contributed by atoms with Crippen LogP contribution < -0.4 is 10.2 Å². The van der Waals surface area contributed by atoms with Crippen LogP contribution in [0, 0.1) is 0 Å². The molecule has 2 aromatic rings. The molecule has 0 radical (unpaired) electrons. The van der Waals surface area contributed by atoms with Crippen molar-refractivity contribution >= 4 is 11.6 Å². The van der Waals surface area contributed by atoms with Gasteiger partial charge in [-0.25, -0.2) is 5.43 Å². The van der Waals surface area contributed by atoms with Crippen LogP contribution in [0.3, 0.4) is 0 Å². The Morgan fingerprint density at radius 1 is 1.18 bits per heavy atom. The molecule has 0 saturated carbocycles. The number of benzene rings is 2. The second kappa shape index (κ2) is 7.26. The summed E-state index contributed by atoms with van der Waals surface area (Å²) in [6.45, 7) is 1.95. The van der Waals surface area contributed by atoms with E-state index in [0.717, 1.165) is 17.0 Å². The molecule has 0 heterocycles. The fourth-order valence-electron chi connectivity index (χ4n) is 1.98. The first-order valence-corrected chi connectivity index (χ1v) is 6.95. The Morgan fingerprint density at radius 2 is 1.86 bits per heavy atom. The van der Waals surface area contributed by atoms with Crippen LogP contribution in [0.5, 0.6) is 11.5 Å². The minimum Gasteiger partial charge on any atom is -0.507 e. The van der Waals surface area contributed by atoms with E-state index in [2.05, 4.69) is 10.5 Å². The molecule has 5 nitrogen and oxygen atoms in total. The molecule has 2 N–H and O–H groups in total. The molecule has 0 fully saturated rings. The Morgan fingerprint density at radius 3 is 2.45 bits per heavy atom. The van der Waals surface area contributed by atoms with Gasteiger partial charge in [0.05, 0.1) is 18.4 Å². The van der Waals surface area contributed by atoms with Gasteiger partial charge in [0, 0.05) is 0 Å². The van der Waals surface area contributed by atoms with E-state index in [1.54, 1.807) is 25.3 Å². The van der Waals surface area contributed by atoms with E-state index in [-0.39, 0.29) is 11.3 Å². The summed E-state index contributed by atoms with van der Waals surface area (Å²) in [6.07, 6.45) is 0.660. The monoisotopic (exact) mass is 298 g/mol. The highest BCUT2D eigenvalue weighted by Crippen LogP contribution is 2.16. The van der Waals surface area contributed by atoms with Gasteiger partial charge >= 0.3 is 0 Å². The number of nitrogens with one attached hydrogen (secondary N) is 1. The number of rotatable bonds is 5. The second-order valence-electron chi connectivity index (χ2n) is 4.60. The molecular weight excluding hydrogens is 280 g/mol. The fraction of sp³-hybridized carbons (Fsp3) is 0.176. The van der Waals surface area contributed by atoms with E-state index < -0.39 is 5.91 Å². The molecule has 0 spiro atoms. The first-order chi connectivity index (χ1) is 10.7. The summed E-state index contributed by atoms with van der Waals surface area (Å²) in [7, 11) is 1.61. The Bertz CT molecular complexity index is 679. The fourth-order valence-corrected chi connectivity index (χ4v) is 1.98. The molecule has 0 unspecified atom stereocenters. The maximum atomic E-state index is 12.0. The van der Waals surface area contributed by atoms with Crippen molar-refractivity contribution in [1.82, 2.24) is 5.43 Å². The third kappa shape index (κ3) is 3.63. The third-order valence-corrected chi connectivity index (χ3v) is 3.20. The number of carbonyl (C=O) groups excluding carboxylic acids is 1. The second-order valence-corrected chi connectivity index (χ2v) is 4.60. The summed E-state index contributed by atoms with van der Waals surface area (Å²) in [4.78, 5) is 12.0. The van der Waals surface area contributed by atoms with E-state index in [0.29, 0.717) is 6.42 Å². The van der Waals surface area contributed by atoms with E-state index in [1.165, 1.54) is 6.07 Å². The SMILES string of the molecule is CC/C(=N\NC(=O)c1ccccc1O)c1ccc(OC)cc1. The van der Waals surface area contributed by atoms with Crippen LogP contribution in [0.15, 0.2) is 53.6 Å². The summed E-state index contributed by atoms with van der Waals surface area (Å²) in [5.74, 6) is 0.243. The van der Waals surface area contributed by atoms with Gasteiger partial charge < -0.3 is 9.84 Å². The topological polar surface area (TPSA) is 70.9 Å². The van der Waals surface area contributed by atoms with E-state index in [9.17, 15) is 9.90 Å². The average Bonchev–Trinajstić information content (AvgIpc) is 2.56. The van der Waals surface area contributed by atoms with Gasteiger partial charge in [-0.2, -0.15) is 5.10 Å². The smallest absolute Gasteiger partial charge is 0.275 e. The van der Waals surface area contributed by atoms with Crippen molar-refractivity contribution in [2.75, 3.05) is 7.11 Å². The van der Waals surface area contributed by atoms with Crippen LogP contribution in [-0.2, 0) is 0 Å². The van der Waals surface area contributed by atoms with Crippen molar-refractivity contribution in [3.8, 4) is 11.5 Å². The maximum absolute atomic E-state index is 12.0. The number of para-hydroxylation sites is 1. The van der Waals surface area contributed by atoms with Gasteiger partial charge in [-0.1, -0.05) is 19.1 Å².